The highest BCUT2D eigenvalue weighted by Gasteiger charge is 2.09. The van der Waals surface area contributed by atoms with Gasteiger partial charge in [-0.15, -0.1) is 0 Å². The van der Waals surface area contributed by atoms with Crippen LogP contribution >= 0.6 is 0 Å². The second-order valence-electron chi connectivity index (χ2n) is 3.43. The van der Waals surface area contributed by atoms with Gasteiger partial charge in [-0.3, -0.25) is 0 Å². The maximum absolute atomic E-state index is 8.88. The lowest BCUT2D eigenvalue weighted by molar-refractivity contribution is 0.264. The molecule has 0 aliphatic carbocycles. The first kappa shape index (κ1) is 9.18. The molecule has 0 saturated heterocycles. The zero-order chi connectivity index (χ0) is 10.1. The van der Waals surface area contributed by atoms with Crippen LogP contribution in [0.15, 0.2) is 18.2 Å². The molecule has 1 heterocycles. The van der Waals surface area contributed by atoms with E-state index in [1.807, 2.05) is 25.1 Å². The zero-order valence-corrected chi connectivity index (χ0v) is 7.99. The smallest absolute Gasteiger partial charge is 0.126 e. The third-order valence-corrected chi connectivity index (χ3v) is 2.20. The number of aromatic amines is 1. The molecule has 4 nitrogen and oxygen atoms in total. The molecular formula is C10H13N3O. The number of aromatic nitrogens is 2. The van der Waals surface area contributed by atoms with E-state index < -0.39 is 6.04 Å². The molecule has 2 aromatic rings. The molecule has 4 heteroatoms. The van der Waals surface area contributed by atoms with Gasteiger partial charge < -0.3 is 15.8 Å². The highest BCUT2D eigenvalue weighted by molar-refractivity contribution is 5.75. The van der Waals surface area contributed by atoms with Crippen molar-refractivity contribution in [2.75, 3.05) is 6.61 Å². The van der Waals surface area contributed by atoms with Crippen molar-refractivity contribution >= 4 is 11.0 Å². The summed E-state index contributed by atoms with van der Waals surface area (Å²) in [5, 5.41) is 8.88. The van der Waals surface area contributed by atoms with Crippen molar-refractivity contribution in [3.63, 3.8) is 0 Å². The highest BCUT2D eigenvalue weighted by Crippen LogP contribution is 2.15. The first-order valence-corrected chi connectivity index (χ1v) is 4.53. The molecule has 0 radical (unpaired) electrons. The summed E-state index contributed by atoms with van der Waals surface area (Å²) in [7, 11) is 0. The summed E-state index contributed by atoms with van der Waals surface area (Å²) in [6.45, 7) is 1.92. The minimum Gasteiger partial charge on any atom is -0.394 e. The second-order valence-corrected chi connectivity index (χ2v) is 3.43. The number of benzene rings is 1. The van der Waals surface area contributed by atoms with Gasteiger partial charge in [-0.2, -0.15) is 0 Å². The monoisotopic (exact) mass is 191 g/mol. The van der Waals surface area contributed by atoms with E-state index in [2.05, 4.69) is 9.97 Å². The second kappa shape index (κ2) is 3.40. The lowest BCUT2D eigenvalue weighted by atomic mass is 10.2. The van der Waals surface area contributed by atoms with Crippen LogP contribution in [0.5, 0.6) is 0 Å². The Balaban J connectivity index is 2.51. The van der Waals surface area contributed by atoms with Crippen LogP contribution in [0.25, 0.3) is 11.0 Å². The fraction of sp³-hybridized carbons (Fsp3) is 0.300. The third kappa shape index (κ3) is 1.49. The topological polar surface area (TPSA) is 74.9 Å². The quantitative estimate of drug-likeness (QED) is 0.659. The minimum atomic E-state index is -0.428. The number of fused-ring (bicyclic) bond motifs is 1. The van der Waals surface area contributed by atoms with Gasteiger partial charge in [-0.05, 0) is 24.6 Å². The zero-order valence-electron chi connectivity index (χ0n) is 7.99. The van der Waals surface area contributed by atoms with Gasteiger partial charge in [0.25, 0.3) is 0 Å². The van der Waals surface area contributed by atoms with Gasteiger partial charge in [-0.25, -0.2) is 4.98 Å². The van der Waals surface area contributed by atoms with Gasteiger partial charge in [0.1, 0.15) is 5.82 Å². The van der Waals surface area contributed by atoms with Crippen LogP contribution in [0, 0.1) is 6.92 Å². The molecule has 0 aliphatic rings. The Hall–Kier alpha value is -1.39. The van der Waals surface area contributed by atoms with E-state index in [0.29, 0.717) is 5.82 Å². The molecule has 1 unspecified atom stereocenters. The van der Waals surface area contributed by atoms with E-state index in [1.54, 1.807) is 0 Å². The Labute approximate surface area is 81.8 Å². The summed E-state index contributed by atoms with van der Waals surface area (Å²) in [5.41, 5.74) is 8.67. The molecule has 4 N–H and O–H groups in total. The molecule has 74 valence electrons. The Morgan fingerprint density at radius 2 is 2.36 bits per heavy atom. The van der Waals surface area contributed by atoms with Crippen LogP contribution in [0.4, 0.5) is 0 Å². The van der Waals surface area contributed by atoms with E-state index in [4.69, 9.17) is 10.8 Å². The molecule has 14 heavy (non-hydrogen) atoms. The Kier molecular flexibility index (Phi) is 2.23. The van der Waals surface area contributed by atoms with Gasteiger partial charge in [0.15, 0.2) is 0 Å². The van der Waals surface area contributed by atoms with Gasteiger partial charge in [0.05, 0.1) is 23.7 Å². The maximum Gasteiger partial charge on any atom is 0.126 e. The summed E-state index contributed by atoms with van der Waals surface area (Å²) < 4.78 is 0. The van der Waals surface area contributed by atoms with Crippen molar-refractivity contribution in [1.29, 1.82) is 0 Å². The van der Waals surface area contributed by atoms with Crippen molar-refractivity contribution < 1.29 is 5.11 Å². The van der Waals surface area contributed by atoms with Crippen molar-refractivity contribution in [2.45, 2.75) is 13.0 Å². The first-order chi connectivity index (χ1) is 6.70. The fourth-order valence-electron chi connectivity index (χ4n) is 1.41. The third-order valence-electron chi connectivity index (χ3n) is 2.20. The van der Waals surface area contributed by atoms with Gasteiger partial charge in [0.2, 0.25) is 0 Å². The van der Waals surface area contributed by atoms with Crippen LogP contribution in [0.1, 0.15) is 17.4 Å². The number of H-pyrrole nitrogens is 1. The molecule has 0 amide bonds. The molecule has 1 atom stereocenters. The Bertz CT molecular complexity index is 450. The summed E-state index contributed by atoms with van der Waals surface area (Å²) in [5.74, 6) is 0.633. The predicted molar refractivity (Wildman–Crippen MR) is 54.8 cm³/mol. The fourth-order valence-corrected chi connectivity index (χ4v) is 1.41. The molecule has 0 bridgehead atoms. The average molecular weight is 191 g/mol. The minimum absolute atomic E-state index is 0.0984. The maximum atomic E-state index is 8.88. The van der Waals surface area contributed by atoms with Gasteiger partial charge in [0, 0.05) is 0 Å². The van der Waals surface area contributed by atoms with Crippen LogP contribution in [-0.4, -0.2) is 21.7 Å². The van der Waals surface area contributed by atoms with Crippen molar-refractivity contribution in [3.8, 4) is 0 Å². The Morgan fingerprint density at radius 1 is 1.57 bits per heavy atom. The normalized spacial score (nSPS) is 13.4. The number of nitrogens with one attached hydrogen (secondary N) is 1. The number of hydrogen-bond acceptors (Lipinski definition) is 3. The molecule has 0 fully saturated rings. The van der Waals surface area contributed by atoms with E-state index in [9.17, 15) is 0 Å². The summed E-state index contributed by atoms with van der Waals surface area (Å²) >= 11 is 0. The van der Waals surface area contributed by atoms with Crippen LogP contribution in [0.3, 0.4) is 0 Å². The number of aliphatic hydroxyl groups excluding tert-OH is 1. The number of nitrogens with zero attached hydrogens (tertiary/aromatic N) is 1. The van der Waals surface area contributed by atoms with Crippen molar-refractivity contribution in [3.05, 3.63) is 29.6 Å². The van der Waals surface area contributed by atoms with Gasteiger partial charge >= 0.3 is 0 Å². The molecule has 0 spiro atoms. The van der Waals surface area contributed by atoms with E-state index in [-0.39, 0.29) is 6.61 Å². The summed E-state index contributed by atoms with van der Waals surface area (Å²) in [6.07, 6.45) is 0. The van der Waals surface area contributed by atoms with Crippen LogP contribution in [0.2, 0.25) is 0 Å². The molecule has 2 rings (SSSR count). The molecule has 1 aromatic heterocycles. The number of rotatable bonds is 2. The average Bonchev–Trinajstić information content (AvgIpc) is 2.59. The van der Waals surface area contributed by atoms with Crippen molar-refractivity contribution in [1.82, 2.24) is 9.97 Å². The Morgan fingerprint density at radius 3 is 3.07 bits per heavy atom. The number of aryl methyl sites for hydroxylation is 1. The molecule has 1 aromatic carbocycles. The number of hydrogen-bond donors (Lipinski definition) is 3. The van der Waals surface area contributed by atoms with Crippen LogP contribution in [-0.2, 0) is 0 Å². The largest absolute Gasteiger partial charge is 0.394 e. The van der Waals surface area contributed by atoms with Crippen molar-refractivity contribution in [2.24, 2.45) is 5.73 Å². The number of nitrogens with two attached hydrogens (primary N) is 1. The van der Waals surface area contributed by atoms with Gasteiger partial charge in [-0.1, -0.05) is 6.07 Å². The molecule has 0 aliphatic heterocycles. The molecule has 0 saturated carbocycles. The van der Waals surface area contributed by atoms with Crippen LogP contribution < -0.4 is 5.73 Å². The lowest BCUT2D eigenvalue weighted by Crippen LogP contribution is -2.15. The highest BCUT2D eigenvalue weighted by atomic mass is 16.3. The number of imidazole rings is 1. The van der Waals surface area contributed by atoms with E-state index >= 15 is 0 Å². The van der Waals surface area contributed by atoms with E-state index in [1.165, 1.54) is 5.56 Å². The summed E-state index contributed by atoms with van der Waals surface area (Å²) in [6, 6.07) is 5.52. The SMILES string of the molecule is Cc1ccc2nc(C(N)CO)[nH]c2c1. The predicted octanol–water partition coefficient (Wildman–Crippen LogP) is 0.863. The lowest BCUT2D eigenvalue weighted by Gasteiger charge is -2.01. The standard InChI is InChI=1S/C10H13N3O/c1-6-2-3-8-9(4-6)13-10(12-8)7(11)5-14/h2-4,7,14H,5,11H2,1H3,(H,12,13). The van der Waals surface area contributed by atoms with E-state index in [0.717, 1.165) is 11.0 Å². The number of aliphatic hydroxyl groups is 1. The summed E-state index contributed by atoms with van der Waals surface area (Å²) in [4.78, 5) is 7.38. The molecular weight excluding hydrogens is 178 g/mol. The first-order valence-electron chi connectivity index (χ1n) is 4.53.